The maximum absolute atomic E-state index is 13.7. The van der Waals surface area contributed by atoms with E-state index >= 15 is 0 Å². The number of rotatable bonds is 6. The van der Waals surface area contributed by atoms with Gasteiger partial charge in [0.05, 0.1) is 0 Å². The van der Waals surface area contributed by atoms with E-state index in [0.717, 1.165) is 33.6 Å². The summed E-state index contributed by atoms with van der Waals surface area (Å²) in [6.45, 7) is 0. The molecule has 0 fully saturated rings. The molecule has 0 unspecified atom stereocenters. The van der Waals surface area contributed by atoms with Crippen molar-refractivity contribution in [2.75, 3.05) is 0 Å². The number of carbonyl (C=O) groups excluding carboxylic acids is 1. The Balaban J connectivity index is 1.84. The van der Waals surface area contributed by atoms with Crippen LogP contribution in [-0.4, -0.2) is 11.7 Å². The fourth-order valence-corrected chi connectivity index (χ4v) is 4.34. The number of halogens is 1. The van der Waals surface area contributed by atoms with E-state index in [1.807, 2.05) is 91.0 Å². The number of nitrogens with zero attached hydrogens (tertiary/aromatic N) is 2. The predicted octanol–water partition coefficient (Wildman–Crippen LogP) is 7.59. The van der Waals surface area contributed by atoms with Gasteiger partial charge < -0.3 is 5.41 Å². The molecule has 172 valence electrons. The van der Waals surface area contributed by atoms with Crippen molar-refractivity contribution in [3.05, 3.63) is 143 Å². The van der Waals surface area contributed by atoms with Gasteiger partial charge in [-0.05, 0) is 59.7 Å². The first-order chi connectivity index (χ1) is 17.7. The van der Waals surface area contributed by atoms with Gasteiger partial charge in [-0.2, -0.15) is 5.87 Å². The Labute approximate surface area is 215 Å². The second-order valence-electron chi connectivity index (χ2n) is 8.24. The van der Waals surface area contributed by atoms with Gasteiger partial charge in [-0.15, -0.1) is 4.57 Å². The van der Waals surface area contributed by atoms with Gasteiger partial charge in [0.25, 0.3) is 11.5 Å². The minimum Gasteiger partial charge on any atom is -0.758 e. The van der Waals surface area contributed by atoms with Gasteiger partial charge in [0.2, 0.25) is 11.4 Å². The van der Waals surface area contributed by atoms with E-state index in [9.17, 15) is 10.2 Å². The zero-order valence-corrected chi connectivity index (χ0v) is 20.1. The normalized spacial score (nSPS) is 10.5. The van der Waals surface area contributed by atoms with Crippen LogP contribution in [0.3, 0.4) is 0 Å². The lowest BCUT2D eigenvalue weighted by Crippen LogP contribution is -2.41. The van der Waals surface area contributed by atoms with Gasteiger partial charge in [-0.3, -0.25) is 4.79 Å². The zero-order valence-electron chi connectivity index (χ0n) is 19.3. The summed E-state index contributed by atoms with van der Waals surface area (Å²) in [5.41, 5.74) is 5.71. The van der Waals surface area contributed by atoms with Gasteiger partial charge in [0, 0.05) is 33.8 Å². The van der Waals surface area contributed by atoms with Gasteiger partial charge in [0.15, 0.2) is 0 Å². The van der Waals surface area contributed by atoms with Gasteiger partial charge in [-0.25, -0.2) is 0 Å². The highest BCUT2D eigenvalue weighted by atomic mass is 35.5. The Morgan fingerprint density at radius 3 is 1.50 bits per heavy atom. The van der Waals surface area contributed by atoms with Crippen LogP contribution in [0.5, 0.6) is 0 Å². The fraction of sp³-hybridized carbons (Fsp3) is 0. The highest BCUT2D eigenvalue weighted by Crippen LogP contribution is 2.30. The standard InChI is InChI=1S/C32H21ClN2O/c33-28-18-16-26(17-19-28)32(36)31(22-34)35-29(24-12-6-2-7-13-24)20-27(23-10-4-1-5-11-23)21-30(35)25-14-8-3-9-15-25/h1-21H. The number of ketones is 1. The number of pyridine rings is 1. The van der Waals surface area contributed by atoms with E-state index in [0.29, 0.717) is 10.6 Å². The van der Waals surface area contributed by atoms with Crippen LogP contribution >= 0.6 is 11.6 Å². The predicted molar refractivity (Wildman–Crippen MR) is 147 cm³/mol. The minimum absolute atomic E-state index is 0.00893. The molecule has 0 bridgehead atoms. The average Bonchev–Trinajstić information content (AvgIpc) is 2.95. The Morgan fingerprint density at radius 1 is 0.611 bits per heavy atom. The van der Waals surface area contributed by atoms with Crippen LogP contribution < -0.4 is 4.57 Å². The number of hydrogen-bond donors (Lipinski definition) is 0. The Hall–Kier alpha value is -4.56. The van der Waals surface area contributed by atoms with E-state index < -0.39 is 0 Å². The van der Waals surface area contributed by atoms with Crippen molar-refractivity contribution in [2.45, 2.75) is 0 Å². The molecule has 0 radical (unpaired) electrons. The summed E-state index contributed by atoms with van der Waals surface area (Å²) in [6, 6.07) is 40.4. The van der Waals surface area contributed by atoms with Gasteiger partial charge in [-0.1, -0.05) is 78.3 Å². The average molecular weight is 485 g/mol. The molecule has 36 heavy (non-hydrogen) atoms. The number of aromatic nitrogens is 1. The van der Waals surface area contributed by atoms with Crippen LogP contribution in [0.2, 0.25) is 5.02 Å². The smallest absolute Gasteiger partial charge is 0.280 e. The topological polar surface area (TPSA) is 43.3 Å². The van der Waals surface area contributed by atoms with E-state index in [2.05, 4.69) is 18.0 Å². The van der Waals surface area contributed by atoms with E-state index in [-0.39, 0.29) is 11.5 Å². The third-order valence-corrected chi connectivity index (χ3v) is 6.22. The van der Waals surface area contributed by atoms with Crippen LogP contribution in [0.1, 0.15) is 10.4 Å². The monoisotopic (exact) mass is 484 g/mol. The number of hydrogen-bond acceptors (Lipinski definition) is 1. The van der Waals surface area contributed by atoms with Crippen LogP contribution in [0.25, 0.3) is 44.7 Å². The molecule has 3 nitrogen and oxygen atoms in total. The zero-order chi connectivity index (χ0) is 24.9. The van der Waals surface area contributed by atoms with E-state index in [4.69, 9.17) is 11.6 Å². The lowest BCUT2D eigenvalue weighted by atomic mass is 9.98. The molecule has 1 aromatic heterocycles. The molecule has 0 aliphatic rings. The van der Waals surface area contributed by atoms with E-state index in [1.165, 1.54) is 0 Å². The highest BCUT2D eigenvalue weighted by Gasteiger charge is 2.30. The van der Waals surface area contributed by atoms with Crippen molar-refractivity contribution in [1.29, 1.82) is 0 Å². The van der Waals surface area contributed by atoms with Crippen molar-refractivity contribution in [3.8, 4) is 33.6 Å². The molecule has 0 aliphatic carbocycles. The molecule has 0 N–H and O–H groups in total. The summed E-state index contributed by atoms with van der Waals surface area (Å²) < 4.78 is 1.77. The summed E-state index contributed by atoms with van der Waals surface area (Å²) in [7, 11) is 0. The first kappa shape index (κ1) is 23.2. The Morgan fingerprint density at radius 2 is 1.06 bits per heavy atom. The van der Waals surface area contributed by atoms with Crippen molar-refractivity contribution in [1.82, 2.24) is 0 Å². The second-order valence-corrected chi connectivity index (χ2v) is 8.68. The van der Waals surface area contributed by atoms with Crippen molar-refractivity contribution in [2.24, 2.45) is 0 Å². The number of allylic oxidation sites excluding steroid dienone is 1. The summed E-state index contributed by atoms with van der Waals surface area (Å²) >= 11 is 6.04. The molecule has 1 heterocycles. The highest BCUT2D eigenvalue weighted by molar-refractivity contribution is 6.31. The second kappa shape index (κ2) is 10.4. The molecule has 0 spiro atoms. The number of benzene rings is 4. The number of carbonyl (C=O) groups is 1. The summed E-state index contributed by atoms with van der Waals surface area (Å²) in [6.07, 6.45) is 0. The molecular weight excluding hydrogens is 464 g/mol. The van der Waals surface area contributed by atoms with Gasteiger partial charge >= 0.3 is 0 Å². The maximum Gasteiger partial charge on any atom is 0.280 e. The van der Waals surface area contributed by atoms with Crippen LogP contribution in [-0.2, 0) is 0 Å². The number of Topliss-reactive ketones (excluding diaryl/α,β-unsaturated/α-hetero) is 1. The molecule has 5 aromatic rings. The van der Waals surface area contributed by atoms with Crippen molar-refractivity contribution in [3.63, 3.8) is 0 Å². The maximum atomic E-state index is 13.7. The van der Waals surface area contributed by atoms with Crippen molar-refractivity contribution < 1.29 is 9.36 Å². The van der Waals surface area contributed by atoms with Crippen LogP contribution in [0.15, 0.2) is 127 Å². The lowest BCUT2D eigenvalue weighted by Gasteiger charge is -2.14. The quantitative estimate of drug-likeness (QED) is 0.106. The first-order valence-corrected chi connectivity index (χ1v) is 11.9. The molecule has 0 saturated carbocycles. The first-order valence-electron chi connectivity index (χ1n) is 11.5. The summed E-state index contributed by atoms with van der Waals surface area (Å²) in [5.74, 6) is 1.83. The molecule has 0 aliphatic heterocycles. The third kappa shape index (κ3) is 4.67. The van der Waals surface area contributed by atoms with Crippen LogP contribution in [0, 0.1) is 0 Å². The van der Waals surface area contributed by atoms with Gasteiger partial charge in [0.1, 0.15) is 0 Å². The minimum atomic E-state index is -0.374. The molecule has 0 amide bonds. The largest absolute Gasteiger partial charge is 0.758 e. The summed E-state index contributed by atoms with van der Waals surface area (Å²) in [4.78, 5) is 13.7. The third-order valence-electron chi connectivity index (χ3n) is 5.96. The fourth-order valence-electron chi connectivity index (χ4n) is 4.22. The van der Waals surface area contributed by atoms with E-state index in [1.54, 1.807) is 28.8 Å². The SMILES string of the molecule is [N-]=C=C(C(=O)c1ccc(Cl)cc1)[n+]1c(-c2ccccc2)cc(-c2ccccc2)cc1-c1ccccc1. The molecule has 0 atom stereocenters. The molecule has 0 saturated heterocycles. The Kier molecular flexibility index (Phi) is 6.68. The molecule has 5 rings (SSSR count). The van der Waals surface area contributed by atoms with Crippen LogP contribution in [0.4, 0.5) is 0 Å². The summed E-state index contributed by atoms with van der Waals surface area (Å²) in [5, 5.41) is 10.9. The Bertz CT molecular complexity index is 1510. The molecule has 4 heteroatoms. The molecule has 4 aromatic carbocycles. The van der Waals surface area contributed by atoms with Crippen molar-refractivity contribution >= 4 is 29.0 Å². The lowest BCUT2D eigenvalue weighted by molar-refractivity contribution is -0.551. The molecular formula is C32H21ClN2O.